The van der Waals surface area contributed by atoms with Crippen molar-refractivity contribution in [2.24, 2.45) is 5.92 Å². The van der Waals surface area contributed by atoms with Gasteiger partial charge in [-0.05, 0) is 44.6 Å². The zero-order chi connectivity index (χ0) is 12.5. The van der Waals surface area contributed by atoms with E-state index in [1.54, 1.807) is 4.88 Å². The molecule has 3 atom stereocenters. The lowest BCUT2D eigenvalue weighted by Gasteiger charge is -2.21. The lowest BCUT2D eigenvalue weighted by molar-refractivity contribution is 0.476. The maximum Gasteiger partial charge on any atom is 0.0962 e. The summed E-state index contributed by atoms with van der Waals surface area (Å²) in [6, 6.07) is 0.587. The molecule has 3 unspecified atom stereocenters. The van der Waals surface area contributed by atoms with Gasteiger partial charge in [0.2, 0.25) is 0 Å². The lowest BCUT2D eigenvalue weighted by atomic mass is 9.98. The Morgan fingerprint density at radius 1 is 1.33 bits per heavy atom. The molecule has 0 radical (unpaired) electrons. The van der Waals surface area contributed by atoms with Gasteiger partial charge in [0.05, 0.1) is 10.7 Å². The number of aryl methyl sites for hydroxylation is 1. The summed E-state index contributed by atoms with van der Waals surface area (Å²) in [4.78, 5) is 6.53. The molecule has 1 aromatic heterocycles. The van der Waals surface area contributed by atoms with Crippen molar-refractivity contribution in [3.8, 4) is 0 Å². The molecule has 1 heterocycles. The number of aromatic nitrogens is 1. The smallest absolute Gasteiger partial charge is 0.0962 e. The largest absolute Gasteiger partial charge is 0.309 e. The molecule has 100 valence electrons. The molecule has 3 rings (SSSR count). The molecule has 2 aliphatic rings. The molecular formula is C15H24N2S. The minimum atomic E-state index is 0.587. The molecule has 0 bridgehead atoms. The number of hydrogen-bond acceptors (Lipinski definition) is 3. The molecule has 0 aromatic carbocycles. The molecule has 0 saturated heterocycles. The molecule has 2 nitrogen and oxygen atoms in total. The number of rotatable bonds is 3. The Morgan fingerprint density at radius 3 is 2.94 bits per heavy atom. The summed E-state index contributed by atoms with van der Waals surface area (Å²) in [7, 11) is 0. The van der Waals surface area contributed by atoms with Crippen molar-refractivity contribution in [2.75, 3.05) is 6.54 Å². The van der Waals surface area contributed by atoms with Crippen LogP contribution in [0.1, 0.15) is 73.5 Å². The molecule has 2 aliphatic carbocycles. The van der Waals surface area contributed by atoms with Gasteiger partial charge in [-0.3, -0.25) is 0 Å². The summed E-state index contributed by atoms with van der Waals surface area (Å²) in [5.74, 6) is 1.67. The highest BCUT2D eigenvalue weighted by Crippen LogP contribution is 2.43. The minimum Gasteiger partial charge on any atom is -0.309 e. The van der Waals surface area contributed by atoms with E-state index in [1.165, 1.54) is 49.2 Å². The van der Waals surface area contributed by atoms with Crippen LogP contribution in [-0.4, -0.2) is 11.5 Å². The van der Waals surface area contributed by atoms with Crippen molar-refractivity contribution in [3.63, 3.8) is 0 Å². The molecule has 0 aliphatic heterocycles. The van der Waals surface area contributed by atoms with Crippen molar-refractivity contribution >= 4 is 11.3 Å². The second kappa shape index (κ2) is 5.30. The van der Waals surface area contributed by atoms with Crippen molar-refractivity contribution in [1.82, 2.24) is 10.3 Å². The Kier molecular flexibility index (Phi) is 3.71. The molecule has 0 amide bonds. The third-order valence-corrected chi connectivity index (χ3v) is 5.84. The van der Waals surface area contributed by atoms with Crippen LogP contribution in [0.15, 0.2) is 0 Å². The minimum absolute atomic E-state index is 0.587. The van der Waals surface area contributed by atoms with E-state index in [0.717, 1.165) is 18.4 Å². The maximum absolute atomic E-state index is 4.98. The first-order valence-corrected chi connectivity index (χ1v) is 8.32. The maximum atomic E-state index is 4.98. The van der Waals surface area contributed by atoms with E-state index in [-0.39, 0.29) is 0 Å². The Morgan fingerprint density at radius 2 is 2.22 bits per heavy atom. The van der Waals surface area contributed by atoms with Crippen LogP contribution in [0.2, 0.25) is 0 Å². The van der Waals surface area contributed by atoms with Gasteiger partial charge in [-0.15, -0.1) is 11.3 Å². The highest BCUT2D eigenvalue weighted by molar-refractivity contribution is 7.12. The fourth-order valence-electron chi connectivity index (χ4n) is 3.49. The number of thiazole rings is 1. The summed E-state index contributed by atoms with van der Waals surface area (Å²) in [5.41, 5.74) is 1.41. The summed E-state index contributed by atoms with van der Waals surface area (Å²) in [6.07, 6.45) is 7.91. The molecular weight excluding hydrogens is 240 g/mol. The predicted octanol–water partition coefficient (Wildman–Crippen LogP) is 4.03. The van der Waals surface area contributed by atoms with Crippen molar-refractivity contribution in [2.45, 2.75) is 64.3 Å². The Labute approximate surface area is 114 Å². The van der Waals surface area contributed by atoms with Gasteiger partial charge in [0.1, 0.15) is 0 Å². The summed E-state index contributed by atoms with van der Waals surface area (Å²) >= 11 is 2.01. The van der Waals surface area contributed by atoms with Crippen LogP contribution in [0.4, 0.5) is 0 Å². The Balaban J connectivity index is 1.82. The van der Waals surface area contributed by atoms with E-state index in [4.69, 9.17) is 4.98 Å². The van der Waals surface area contributed by atoms with Crippen LogP contribution in [0.3, 0.4) is 0 Å². The quantitative estimate of drug-likeness (QED) is 0.891. The highest BCUT2D eigenvalue weighted by Gasteiger charge is 2.29. The second-order valence-corrected chi connectivity index (χ2v) is 7.04. The van der Waals surface area contributed by atoms with Crippen LogP contribution in [0.5, 0.6) is 0 Å². The number of nitrogens with one attached hydrogen (secondary N) is 1. The second-order valence-electron chi connectivity index (χ2n) is 5.98. The zero-order valence-electron chi connectivity index (χ0n) is 11.5. The number of nitrogens with zero attached hydrogens (tertiary/aromatic N) is 1. The fourth-order valence-corrected chi connectivity index (χ4v) is 4.86. The zero-order valence-corrected chi connectivity index (χ0v) is 12.4. The van der Waals surface area contributed by atoms with Gasteiger partial charge in [0, 0.05) is 16.8 Å². The van der Waals surface area contributed by atoms with E-state index in [1.807, 2.05) is 11.3 Å². The average Bonchev–Trinajstić information content (AvgIpc) is 2.95. The third-order valence-electron chi connectivity index (χ3n) is 4.46. The average molecular weight is 264 g/mol. The van der Waals surface area contributed by atoms with E-state index in [0.29, 0.717) is 6.04 Å². The fraction of sp³-hybridized carbons (Fsp3) is 0.800. The lowest BCUT2D eigenvalue weighted by Crippen LogP contribution is -2.23. The van der Waals surface area contributed by atoms with E-state index in [2.05, 4.69) is 19.2 Å². The molecule has 1 N–H and O–H groups in total. The van der Waals surface area contributed by atoms with Gasteiger partial charge < -0.3 is 5.32 Å². The topological polar surface area (TPSA) is 24.9 Å². The van der Waals surface area contributed by atoms with Crippen LogP contribution < -0.4 is 5.32 Å². The van der Waals surface area contributed by atoms with Gasteiger partial charge in [-0.2, -0.15) is 0 Å². The highest BCUT2D eigenvalue weighted by atomic mass is 32.1. The van der Waals surface area contributed by atoms with Gasteiger partial charge in [0.15, 0.2) is 0 Å². The standard InChI is InChI=1S/C15H24N2S/c1-3-16-12-5-4-6-13-14(12)18-15(17-13)11-8-7-10(2)9-11/h10-12,16H,3-9H2,1-2H3. The van der Waals surface area contributed by atoms with Crippen molar-refractivity contribution < 1.29 is 0 Å². The SMILES string of the molecule is CCNC1CCCc2nc(C3CCC(C)C3)sc21. The molecule has 1 aromatic rings. The van der Waals surface area contributed by atoms with Crippen molar-refractivity contribution in [1.29, 1.82) is 0 Å². The first-order chi connectivity index (χ1) is 8.78. The molecule has 18 heavy (non-hydrogen) atoms. The predicted molar refractivity (Wildman–Crippen MR) is 77.2 cm³/mol. The van der Waals surface area contributed by atoms with Gasteiger partial charge in [0.25, 0.3) is 0 Å². The summed E-state index contributed by atoms with van der Waals surface area (Å²) in [5, 5.41) is 5.06. The normalized spacial score (nSPS) is 31.6. The van der Waals surface area contributed by atoms with Crippen molar-refractivity contribution in [3.05, 3.63) is 15.6 Å². The van der Waals surface area contributed by atoms with E-state index < -0.39 is 0 Å². The molecule has 3 heteroatoms. The molecule has 0 spiro atoms. The summed E-state index contributed by atoms with van der Waals surface area (Å²) in [6.45, 7) is 5.65. The van der Waals surface area contributed by atoms with Gasteiger partial charge in [-0.25, -0.2) is 4.98 Å². The summed E-state index contributed by atoms with van der Waals surface area (Å²) < 4.78 is 0. The Bertz CT molecular complexity index is 413. The first-order valence-electron chi connectivity index (χ1n) is 7.50. The molecule has 1 saturated carbocycles. The van der Waals surface area contributed by atoms with Crippen LogP contribution in [0.25, 0.3) is 0 Å². The molecule has 1 fully saturated rings. The van der Waals surface area contributed by atoms with E-state index in [9.17, 15) is 0 Å². The van der Waals surface area contributed by atoms with Crippen LogP contribution >= 0.6 is 11.3 Å². The Hall–Kier alpha value is -0.410. The number of hydrogen-bond donors (Lipinski definition) is 1. The van der Waals surface area contributed by atoms with Crippen LogP contribution in [0, 0.1) is 5.92 Å². The van der Waals surface area contributed by atoms with Gasteiger partial charge in [-0.1, -0.05) is 20.3 Å². The van der Waals surface area contributed by atoms with E-state index >= 15 is 0 Å². The van der Waals surface area contributed by atoms with Crippen LogP contribution in [-0.2, 0) is 6.42 Å². The van der Waals surface area contributed by atoms with Gasteiger partial charge >= 0.3 is 0 Å². The monoisotopic (exact) mass is 264 g/mol. The third kappa shape index (κ3) is 2.35. The number of fused-ring (bicyclic) bond motifs is 1. The first kappa shape index (κ1) is 12.6.